The third-order valence-electron chi connectivity index (χ3n) is 2.74. The number of rotatable bonds is 5. The van der Waals surface area contributed by atoms with Crippen LogP contribution in [0.25, 0.3) is 0 Å². The lowest BCUT2D eigenvalue weighted by molar-refractivity contribution is 0.179. The fraction of sp³-hybridized carbons (Fsp3) is 0.600. The molecule has 19 heavy (non-hydrogen) atoms. The van der Waals surface area contributed by atoms with Gasteiger partial charge in [0, 0.05) is 31.7 Å². The lowest BCUT2D eigenvalue weighted by Gasteiger charge is -2.38. The Balaban J connectivity index is 1.50. The first-order valence-electron chi connectivity index (χ1n) is 5.87. The van der Waals surface area contributed by atoms with Crippen LogP contribution in [0.5, 0.6) is 0 Å². The van der Waals surface area contributed by atoms with Gasteiger partial charge in [-0.1, -0.05) is 11.3 Å². The summed E-state index contributed by atoms with van der Waals surface area (Å²) in [4.78, 5) is 6.56. The van der Waals surface area contributed by atoms with Crippen LogP contribution >= 0.6 is 22.9 Å². The minimum atomic E-state index is 0.396. The number of hydrogen-bond donors (Lipinski definition) is 1. The van der Waals surface area contributed by atoms with Crippen molar-refractivity contribution < 1.29 is 4.74 Å². The van der Waals surface area contributed by atoms with Crippen LogP contribution in [0, 0.1) is 6.92 Å². The number of nitrogens with one attached hydrogen (secondary N) is 1. The molecule has 0 aromatic carbocycles. The summed E-state index contributed by atoms with van der Waals surface area (Å²) in [7, 11) is 1.64. The van der Waals surface area contributed by atoms with Gasteiger partial charge in [0.2, 0.25) is 10.3 Å². The van der Waals surface area contributed by atoms with Crippen molar-refractivity contribution in [1.82, 2.24) is 19.6 Å². The summed E-state index contributed by atoms with van der Waals surface area (Å²) in [5.41, 5.74) is 0. The van der Waals surface area contributed by atoms with Gasteiger partial charge in [-0.2, -0.15) is 4.37 Å². The third-order valence-corrected chi connectivity index (χ3v) is 4.32. The molecular formula is C10H14N6OS2. The Morgan fingerprint density at radius 2 is 2.26 bits per heavy atom. The predicted molar refractivity (Wildman–Crippen MR) is 74.9 cm³/mol. The van der Waals surface area contributed by atoms with Gasteiger partial charge in [-0.3, -0.25) is 0 Å². The first-order valence-corrected chi connectivity index (χ1v) is 7.46. The van der Waals surface area contributed by atoms with Crippen molar-refractivity contribution in [1.29, 1.82) is 0 Å². The van der Waals surface area contributed by atoms with Gasteiger partial charge in [0.05, 0.1) is 6.04 Å². The van der Waals surface area contributed by atoms with Crippen molar-refractivity contribution in [2.75, 3.05) is 30.4 Å². The van der Waals surface area contributed by atoms with E-state index in [4.69, 9.17) is 4.74 Å². The molecule has 3 rings (SSSR count). The fourth-order valence-corrected chi connectivity index (χ4v) is 3.17. The molecule has 9 heteroatoms. The van der Waals surface area contributed by atoms with E-state index in [2.05, 4.69) is 29.8 Å². The van der Waals surface area contributed by atoms with Crippen LogP contribution in [0.3, 0.4) is 0 Å². The van der Waals surface area contributed by atoms with Gasteiger partial charge in [-0.05, 0) is 6.92 Å². The van der Waals surface area contributed by atoms with E-state index >= 15 is 0 Å². The van der Waals surface area contributed by atoms with E-state index in [9.17, 15) is 0 Å². The number of methoxy groups -OCH3 is 1. The number of aromatic nitrogens is 4. The van der Waals surface area contributed by atoms with E-state index in [1.807, 2.05) is 6.92 Å². The Morgan fingerprint density at radius 3 is 2.95 bits per heavy atom. The molecular weight excluding hydrogens is 284 g/mol. The third kappa shape index (κ3) is 2.82. The van der Waals surface area contributed by atoms with Gasteiger partial charge >= 0.3 is 0 Å². The number of hydrogen-bond acceptors (Lipinski definition) is 9. The zero-order chi connectivity index (χ0) is 13.2. The van der Waals surface area contributed by atoms with Gasteiger partial charge in [0.1, 0.15) is 11.6 Å². The zero-order valence-corrected chi connectivity index (χ0v) is 12.3. The Bertz CT molecular complexity index is 550. The van der Waals surface area contributed by atoms with Crippen molar-refractivity contribution in [3.05, 3.63) is 10.8 Å². The second-order valence-electron chi connectivity index (χ2n) is 4.30. The normalized spacial score (nSPS) is 15.6. The Kier molecular flexibility index (Phi) is 3.58. The van der Waals surface area contributed by atoms with E-state index in [-0.39, 0.29) is 0 Å². The van der Waals surface area contributed by atoms with Crippen molar-refractivity contribution in [2.45, 2.75) is 19.6 Å². The van der Waals surface area contributed by atoms with Gasteiger partial charge in [0.15, 0.2) is 5.82 Å². The molecule has 0 unspecified atom stereocenters. The van der Waals surface area contributed by atoms with Crippen LogP contribution in [0.2, 0.25) is 0 Å². The van der Waals surface area contributed by atoms with Crippen LogP contribution in [-0.2, 0) is 11.3 Å². The van der Waals surface area contributed by atoms with Gasteiger partial charge in [-0.15, -0.1) is 10.2 Å². The quantitative estimate of drug-likeness (QED) is 0.887. The summed E-state index contributed by atoms with van der Waals surface area (Å²) >= 11 is 3.00. The zero-order valence-electron chi connectivity index (χ0n) is 10.7. The molecule has 102 valence electrons. The average molecular weight is 298 g/mol. The molecule has 1 aliphatic rings. The molecule has 0 aliphatic carbocycles. The van der Waals surface area contributed by atoms with Crippen LogP contribution in [0.4, 0.5) is 10.3 Å². The van der Waals surface area contributed by atoms with E-state index in [1.165, 1.54) is 11.5 Å². The maximum atomic E-state index is 5.00. The topological polar surface area (TPSA) is 76.1 Å². The summed E-state index contributed by atoms with van der Waals surface area (Å²) in [6.07, 6.45) is 0. The maximum Gasteiger partial charge on any atom is 0.208 e. The summed E-state index contributed by atoms with van der Waals surface area (Å²) < 4.78 is 9.20. The standard InChI is InChI=1S/C10H14N6OS2/c1-6-13-14-10(18-6)16-3-7(4-16)11-9-12-8(5-17-2)15-19-9/h7H,3-5H2,1-2H3,(H,11,12,15). The van der Waals surface area contributed by atoms with Crippen molar-refractivity contribution in [3.8, 4) is 0 Å². The van der Waals surface area contributed by atoms with E-state index in [0.29, 0.717) is 12.6 Å². The van der Waals surface area contributed by atoms with Crippen LogP contribution in [0.15, 0.2) is 0 Å². The van der Waals surface area contributed by atoms with E-state index in [1.54, 1.807) is 18.4 Å². The summed E-state index contributed by atoms with van der Waals surface area (Å²) in [6, 6.07) is 0.396. The average Bonchev–Trinajstić information content (AvgIpc) is 2.93. The summed E-state index contributed by atoms with van der Waals surface area (Å²) in [5.74, 6) is 0.728. The first-order chi connectivity index (χ1) is 9.24. The molecule has 3 heterocycles. The Labute approximate surface area is 118 Å². The van der Waals surface area contributed by atoms with Crippen LogP contribution < -0.4 is 10.2 Å². The van der Waals surface area contributed by atoms with Crippen LogP contribution in [0.1, 0.15) is 10.8 Å². The van der Waals surface area contributed by atoms with Crippen LogP contribution in [-0.4, -0.2) is 45.8 Å². The minimum absolute atomic E-state index is 0.396. The highest BCUT2D eigenvalue weighted by molar-refractivity contribution is 7.15. The minimum Gasteiger partial charge on any atom is -0.377 e. The molecule has 2 aromatic heterocycles. The molecule has 1 saturated heterocycles. The molecule has 0 saturated carbocycles. The molecule has 0 spiro atoms. The molecule has 2 aromatic rings. The fourth-order valence-electron chi connectivity index (χ4n) is 1.81. The maximum absolute atomic E-state index is 5.00. The van der Waals surface area contributed by atoms with Gasteiger partial charge in [0.25, 0.3) is 0 Å². The van der Waals surface area contributed by atoms with E-state index in [0.717, 1.165) is 34.2 Å². The number of nitrogens with zero attached hydrogens (tertiary/aromatic N) is 5. The molecule has 0 bridgehead atoms. The lowest BCUT2D eigenvalue weighted by atomic mass is 10.1. The molecule has 1 N–H and O–H groups in total. The molecule has 1 fully saturated rings. The van der Waals surface area contributed by atoms with Gasteiger partial charge in [-0.25, -0.2) is 4.98 Å². The highest BCUT2D eigenvalue weighted by Crippen LogP contribution is 2.26. The molecule has 7 nitrogen and oxygen atoms in total. The number of aryl methyl sites for hydroxylation is 1. The molecule has 0 amide bonds. The number of ether oxygens (including phenoxy) is 1. The van der Waals surface area contributed by atoms with Crippen molar-refractivity contribution in [3.63, 3.8) is 0 Å². The summed E-state index contributed by atoms with van der Waals surface area (Å²) in [5, 5.41) is 14.4. The van der Waals surface area contributed by atoms with Gasteiger partial charge < -0.3 is 15.0 Å². The first kappa shape index (κ1) is 12.7. The monoisotopic (exact) mass is 298 g/mol. The largest absolute Gasteiger partial charge is 0.377 e. The predicted octanol–water partition coefficient (Wildman–Crippen LogP) is 1.15. The Hall–Kier alpha value is -1.32. The molecule has 0 atom stereocenters. The van der Waals surface area contributed by atoms with E-state index < -0.39 is 0 Å². The number of anilines is 2. The summed E-state index contributed by atoms with van der Waals surface area (Å²) in [6.45, 7) is 4.27. The van der Waals surface area contributed by atoms with Crippen molar-refractivity contribution in [2.24, 2.45) is 0 Å². The highest BCUT2D eigenvalue weighted by atomic mass is 32.1. The Morgan fingerprint density at radius 1 is 1.42 bits per heavy atom. The molecule has 0 radical (unpaired) electrons. The molecule has 1 aliphatic heterocycles. The second kappa shape index (κ2) is 5.35. The highest BCUT2D eigenvalue weighted by Gasteiger charge is 2.29. The SMILES string of the molecule is COCc1nsc(NC2CN(c3nnc(C)s3)C2)n1. The smallest absolute Gasteiger partial charge is 0.208 e. The lowest BCUT2D eigenvalue weighted by Crippen LogP contribution is -2.54. The second-order valence-corrected chi connectivity index (χ2v) is 6.21. The van der Waals surface area contributed by atoms with Crippen molar-refractivity contribution >= 4 is 33.1 Å².